The lowest BCUT2D eigenvalue weighted by Gasteiger charge is -2.12. The van der Waals surface area contributed by atoms with Crippen LogP contribution in [0.4, 0.5) is 5.95 Å². The summed E-state index contributed by atoms with van der Waals surface area (Å²) >= 11 is 0. The first-order valence-corrected chi connectivity index (χ1v) is 6.37. The molecular formula is C13H24N4O. The number of nitrogens with zero attached hydrogens (tertiary/aromatic N) is 2. The average Bonchev–Trinajstić information content (AvgIpc) is 2.28. The van der Waals surface area contributed by atoms with Crippen molar-refractivity contribution in [1.82, 2.24) is 9.97 Å². The van der Waals surface area contributed by atoms with Crippen molar-refractivity contribution in [1.29, 1.82) is 0 Å². The molecule has 1 rings (SSSR count). The summed E-state index contributed by atoms with van der Waals surface area (Å²) in [6.45, 7) is 7.56. The zero-order valence-corrected chi connectivity index (χ0v) is 11.7. The number of hydrogen-bond acceptors (Lipinski definition) is 5. The van der Waals surface area contributed by atoms with Crippen molar-refractivity contribution < 1.29 is 4.74 Å². The summed E-state index contributed by atoms with van der Waals surface area (Å²) < 4.78 is 4.99. The molecule has 102 valence electrons. The van der Waals surface area contributed by atoms with Crippen LogP contribution >= 0.6 is 0 Å². The molecule has 0 bridgehead atoms. The summed E-state index contributed by atoms with van der Waals surface area (Å²) in [4.78, 5) is 8.85. The Morgan fingerprint density at radius 1 is 1.39 bits per heavy atom. The van der Waals surface area contributed by atoms with E-state index in [1.54, 1.807) is 7.11 Å². The highest BCUT2D eigenvalue weighted by Crippen LogP contribution is 2.14. The summed E-state index contributed by atoms with van der Waals surface area (Å²) in [5.74, 6) is 1.09. The molecule has 18 heavy (non-hydrogen) atoms. The van der Waals surface area contributed by atoms with E-state index in [-0.39, 0.29) is 6.04 Å². The van der Waals surface area contributed by atoms with E-state index >= 15 is 0 Å². The van der Waals surface area contributed by atoms with Gasteiger partial charge >= 0.3 is 0 Å². The maximum Gasteiger partial charge on any atom is 0.223 e. The van der Waals surface area contributed by atoms with E-state index in [0.29, 0.717) is 18.5 Å². The number of aromatic nitrogens is 2. The van der Waals surface area contributed by atoms with E-state index in [2.05, 4.69) is 29.1 Å². The van der Waals surface area contributed by atoms with Gasteiger partial charge in [0.15, 0.2) is 0 Å². The van der Waals surface area contributed by atoms with Gasteiger partial charge in [-0.05, 0) is 25.3 Å². The fraction of sp³-hybridized carbons (Fsp3) is 0.692. The second-order valence-electron chi connectivity index (χ2n) is 4.84. The summed E-state index contributed by atoms with van der Waals surface area (Å²) in [5, 5.41) is 3.21. The highest BCUT2D eigenvalue weighted by atomic mass is 16.5. The van der Waals surface area contributed by atoms with Crippen LogP contribution in [0.15, 0.2) is 6.07 Å². The predicted octanol–water partition coefficient (Wildman–Crippen LogP) is 1.68. The Labute approximate surface area is 109 Å². The zero-order valence-electron chi connectivity index (χ0n) is 11.7. The molecule has 1 atom stereocenters. The molecule has 0 spiro atoms. The number of rotatable bonds is 7. The first kappa shape index (κ1) is 14.9. The van der Waals surface area contributed by atoms with Crippen LogP contribution in [0.25, 0.3) is 0 Å². The zero-order chi connectivity index (χ0) is 13.5. The van der Waals surface area contributed by atoms with Crippen LogP contribution in [0, 0.1) is 6.92 Å². The Kier molecular flexibility index (Phi) is 6.01. The minimum atomic E-state index is 0.0527. The summed E-state index contributed by atoms with van der Waals surface area (Å²) in [7, 11) is 1.66. The number of hydrogen-bond donors (Lipinski definition) is 2. The van der Waals surface area contributed by atoms with Gasteiger partial charge in [0.2, 0.25) is 5.95 Å². The van der Waals surface area contributed by atoms with E-state index < -0.39 is 0 Å². The van der Waals surface area contributed by atoms with Gasteiger partial charge in [0.05, 0.1) is 6.61 Å². The lowest BCUT2D eigenvalue weighted by atomic mass is 10.1. The molecule has 3 N–H and O–H groups in total. The molecule has 1 heterocycles. The monoisotopic (exact) mass is 252 g/mol. The van der Waals surface area contributed by atoms with Crippen LogP contribution in [0.5, 0.6) is 0 Å². The topological polar surface area (TPSA) is 73.1 Å². The van der Waals surface area contributed by atoms with Crippen LogP contribution in [-0.2, 0) is 4.74 Å². The Bertz CT molecular complexity index is 368. The van der Waals surface area contributed by atoms with Gasteiger partial charge in [0, 0.05) is 31.1 Å². The molecule has 0 saturated carbocycles. The molecule has 1 aromatic heterocycles. The Balaban J connectivity index is 2.51. The fourth-order valence-electron chi connectivity index (χ4n) is 1.63. The van der Waals surface area contributed by atoms with Crippen LogP contribution in [0.1, 0.15) is 37.6 Å². The molecule has 5 heteroatoms. The number of nitrogens with one attached hydrogen (secondary N) is 1. The minimum Gasteiger partial charge on any atom is -0.383 e. The van der Waals surface area contributed by atoms with Crippen LogP contribution in [0.2, 0.25) is 0 Å². The molecule has 1 aromatic rings. The van der Waals surface area contributed by atoms with E-state index in [0.717, 1.165) is 24.4 Å². The molecule has 0 aliphatic carbocycles. The smallest absolute Gasteiger partial charge is 0.223 e. The molecule has 0 saturated heterocycles. The molecule has 5 nitrogen and oxygen atoms in total. The molecule has 0 radical (unpaired) electrons. The Morgan fingerprint density at radius 2 is 2.11 bits per heavy atom. The highest BCUT2D eigenvalue weighted by Gasteiger charge is 2.06. The van der Waals surface area contributed by atoms with Gasteiger partial charge in [0.1, 0.15) is 0 Å². The van der Waals surface area contributed by atoms with Crippen molar-refractivity contribution in [2.75, 3.05) is 25.6 Å². The largest absolute Gasteiger partial charge is 0.383 e. The van der Waals surface area contributed by atoms with Crippen molar-refractivity contribution >= 4 is 5.95 Å². The second-order valence-corrected chi connectivity index (χ2v) is 4.84. The summed E-state index contributed by atoms with van der Waals surface area (Å²) in [6.07, 6.45) is 0.835. The second kappa shape index (κ2) is 7.28. The fourth-order valence-corrected chi connectivity index (χ4v) is 1.63. The number of anilines is 1. The third-order valence-electron chi connectivity index (χ3n) is 2.64. The molecule has 0 fully saturated rings. The standard InChI is InChI=1S/C13H24N4O/c1-9(2)12-7-10(3)16-13(17-12)15-6-5-11(14)8-18-4/h7,9,11H,5-6,8,14H2,1-4H3,(H,15,16,17). The third kappa shape index (κ3) is 4.98. The average molecular weight is 252 g/mol. The van der Waals surface area contributed by atoms with Crippen molar-refractivity contribution in [3.05, 3.63) is 17.5 Å². The number of ether oxygens (including phenoxy) is 1. The third-order valence-corrected chi connectivity index (χ3v) is 2.64. The normalized spacial score (nSPS) is 12.8. The van der Waals surface area contributed by atoms with Crippen LogP contribution in [0.3, 0.4) is 0 Å². The molecule has 0 amide bonds. The molecule has 0 aromatic carbocycles. The maximum absolute atomic E-state index is 5.85. The van der Waals surface area contributed by atoms with Crippen molar-refractivity contribution in [3.63, 3.8) is 0 Å². The molecule has 1 unspecified atom stereocenters. The van der Waals surface area contributed by atoms with Gasteiger partial charge in [0.25, 0.3) is 0 Å². The van der Waals surface area contributed by atoms with E-state index in [4.69, 9.17) is 10.5 Å². The molecule has 0 aliphatic rings. The van der Waals surface area contributed by atoms with Gasteiger partial charge in [-0.2, -0.15) is 0 Å². The van der Waals surface area contributed by atoms with E-state index in [9.17, 15) is 0 Å². The van der Waals surface area contributed by atoms with Crippen molar-refractivity contribution in [2.24, 2.45) is 5.73 Å². The van der Waals surface area contributed by atoms with Gasteiger partial charge in [-0.15, -0.1) is 0 Å². The van der Waals surface area contributed by atoms with Gasteiger partial charge in [-0.1, -0.05) is 13.8 Å². The number of methoxy groups -OCH3 is 1. The maximum atomic E-state index is 5.85. The molecular weight excluding hydrogens is 228 g/mol. The highest BCUT2D eigenvalue weighted by molar-refractivity contribution is 5.28. The van der Waals surface area contributed by atoms with Crippen LogP contribution in [-0.4, -0.2) is 36.3 Å². The minimum absolute atomic E-state index is 0.0527. The van der Waals surface area contributed by atoms with Crippen molar-refractivity contribution in [2.45, 2.75) is 39.2 Å². The Morgan fingerprint density at radius 3 is 2.72 bits per heavy atom. The first-order valence-electron chi connectivity index (χ1n) is 6.37. The van der Waals surface area contributed by atoms with Gasteiger partial charge in [-0.3, -0.25) is 0 Å². The van der Waals surface area contributed by atoms with E-state index in [1.165, 1.54) is 0 Å². The summed E-state index contributed by atoms with van der Waals surface area (Å²) in [6, 6.07) is 2.07. The quantitative estimate of drug-likeness (QED) is 0.772. The van der Waals surface area contributed by atoms with Crippen molar-refractivity contribution in [3.8, 4) is 0 Å². The predicted molar refractivity (Wildman–Crippen MR) is 73.8 cm³/mol. The van der Waals surface area contributed by atoms with Gasteiger partial charge in [-0.25, -0.2) is 9.97 Å². The van der Waals surface area contributed by atoms with E-state index in [1.807, 2.05) is 13.0 Å². The lowest BCUT2D eigenvalue weighted by Crippen LogP contribution is -2.28. The number of aryl methyl sites for hydroxylation is 1. The van der Waals surface area contributed by atoms with Crippen LogP contribution < -0.4 is 11.1 Å². The summed E-state index contributed by atoms with van der Waals surface area (Å²) in [5.41, 5.74) is 7.90. The number of nitrogens with two attached hydrogens (primary N) is 1. The first-order chi connectivity index (χ1) is 8.52. The lowest BCUT2D eigenvalue weighted by molar-refractivity contribution is 0.178. The SMILES string of the molecule is COCC(N)CCNc1nc(C)cc(C(C)C)n1. The Hall–Kier alpha value is -1.20. The van der Waals surface area contributed by atoms with Gasteiger partial charge < -0.3 is 15.8 Å². The molecule has 0 aliphatic heterocycles.